The molecule has 0 aliphatic carbocycles. The van der Waals surface area contributed by atoms with E-state index in [2.05, 4.69) is 84.9 Å². The summed E-state index contributed by atoms with van der Waals surface area (Å²) < 4.78 is 11.4. The van der Waals surface area contributed by atoms with Gasteiger partial charge < -0.3 is 0 Å². The normalized spacial score (nSPS) is 17.2. The molecule has 0 saturated carbocycles. The third-order valence-electron chi connectivity index (χ3n) is 4.54. The first-order valence-electron chi connectivity index (χ1n) is 7.72. The van der Waals surface area contributed by atoms with Crippen LogP contribution < -0.4 is 10.6 Å². The zero-order chi connectivity index (χ0) is 15.3. The Labute approximate surface area is 134 Å². The summed E-state index contributed by atoms with van der Waals surface area (Å²) in [6.07, 6.45) is 0. The molecule has 112 valence electrons. The summed E-state index contributed by atoms with van der Waals surface area (Å²) in [6.45, 7) is 0. The van der Waals surface area contributed by atoms with E-state index in [-0.39, 0.29) is 0 Å². The van der Waals surface area contributed by atoms with Crippen LogP contribution in [0.2, 0.25) is 0 Å². The van der Waals surface area contributed by atoms with Crippen molar-refractivity contribution in [2.24, 2.45) is 0 Å². The van der Waals surface area contributed by atoms with Gasteiger partial charge in [0.15, 0.2) is 0 Å². The number of fused-ring (bicyclic) bond motifs is 2. The van der Waals surface area contributed by atoms with Crippen molar-refractivity contribution in [2.75, 3.05) is 0 Å². The van der Waals surface area contributed by atoms with Gasteiger partial charge >= 0.3 is 134 Å². The van der Waals surface area contributed by atoms with E-state index in [1.165, 1.54) is 32.2 Å². The van der Waals surface area contributed by atoms with E-state index in [1.54, 1.807) is 0 Å². The number of rotatable bonds is 2. The molecular weight excluding hydrogens is 303 g/mol. The Morgan fingerprint density at radius 2 is 0.913 bits per heavy atom. The van der Waals surface area contributed by atoms with Gasteiger partial charge in [-0.3, -0.25) is 0 Å². The summed E-state index contributed by atoms with van der Waals surface area (Å²) in [5.41, 5.74) is 0. The Morgan fingerprint density at radius 1 is 0.478 bits per heavy atom. The van der Waals surface area contributed by atoms with Crippen molar-refractivity contribution in [3.05, 3.63) is 84.9 Å². The molecule has 0 atom stereocenters. The van der Waals surface area contributed by atoms with Gasteiger partial charge in [-0.1, -0.05) is 0 Å². The molecule has 0 N–H and O–H groups in total. The van der Waals surface area contributed by atoms with Crippen LogP contribution in [0.15, 0.2) is 84.9 Å². The topological polar surface area (TPSA) is 25.1 Å². The van der Waals surface area contributed by atoms with E-state index in [4.69, 9.17) is 9.35 Å². The zero-order valence-electron chi connectivity index (χ0n) is 12.4. The van der Waals surface area contributed by atoms with Gasteiger partial charge in [-0.15, -0.1) is 0 Å². The molecule has 4 aromatic carbocycles. The molecule has 1 heterocycles. The number of hydrogen-bond acceptors (Lipinski definition) is 2. The molecule has 0 radical (unpaired) electrons. The van der Waals surface area contributed by atoms with E-state index in [0.29, 0.717) is 0 Å². The summed E-state index contributed by atoms with van der Waals surface area (Å²) in [6, 6.07) is 29.5. The van der Waals surface area contributed by atoms with E-state index in [1.807, 2.05) is 0 Å². The van der Waals surface area contributed by atoms with Crippen LogP contribution in [0.5, 0.6) is 0 Å². The molecule has 0 spiro atoms. The van der Waals surface area contributed by atoms with Crippen LogP contribution in [0.25, 0.3) is 21.5 Å². The Bertz CT molecular complexity index is 946. The van der Waals surface area contributed by atoms with Gasteiger partial charge in [0, 0.05) is 0 Å². The zero-order valence-corrected chi connectivity index (χ0v) is 13.4. The minimum atomic E-state index is -2.53. The van der Waals surface area contributed by atoms with Crippen LogP contribution in [0.3, 0.4) is 0 Å². The summed E-state index contributed by atoms with van der Waals surface area (Å²) >= 11 is 0. The average molecular weight is 318 g/mol. The monoisotopic (exact) mass is 318 g/mol. The molecule has 0 amide bonds. The predicted octanol–water partition coefficient (Wildman–Crippen LogP) is 4.49. The van der Waals surface area contributed by atoms with Crippen molar-refractivity contribution in [2.45, 2.75) is 0 Å². The Hall–Kier alpha value is -2.25. The first-order chi connectivity index (χ1) is 11.4. The van der Waals surface area contributed by atoms with Crippen LogP contribution in [0.1, 0.15) is 0 Å². The average Bonchev–Trinajstić information content (AvgIpc) is 3.42. The van der Waals surface area contributed by atoms with Crippen molar-refractivity contribution in [3.63, 3.8) is 0 Å². The van der Waals surface area contributed by atoms with Gasteiger partial charge in [-0.2, -0.15) is 0 Å². The molecule has 0 bridgehead atoms. The van der Waals surface area contributed by atoms with Crippen molar-refractivity contribution in [3.8, 4) is 0 Å². The van der Waals surface area contributed by atoms with Crippen molar-refractivity contribution >= 4 is 39.9 Å². The summed E-state index contributed by atoms with van der Waals surface area (Å²) in [5, 5.41) is 7.24. The first kappa shape index (κ1) is 13.2. The second-order valence-corrected chi connectivity index (χ2v) is 8.48. The van der Waals surface area contributed by atoms with Crippen LogP contribution in [0.4, 0.5) is 0 Å². The van der Waals surface area contributed by atoms with E-state index in [9.17, 15) is 0 Å². The van der Waals surface area contributed by atoms with Gasteiger partial charge in [0.2, 0.25) is 0 Å². The molecule has 4 aromatic rings. The molecule has 23 heavy (non-hydrogen) atoms. The van der Waals surface area contributed by atoms with Crippen LogP contribution in [-0.4, -0.2) is 0 Å². The fourth-order valence-electron chi connectivity index (χ4n) is 3.39. The molecule has 1 fully saturated rings. The van der Waals surface area contributed by atoms with Gasteiger partial charge in [-0.25, -0.2) is 0 Å². The van der Waals surface area contributed by atoms with E-state index in [0.717, 1.165) is 0 Å². The van der Waals surface area contributed by atoms with Gasteiger partial charge in [0.05, 0.1) is 0 Å². The molecule has 2 nitrogen and oxygen atoms in total. The fraction of sp³-hybridized carbons (Fsp3) is 0. The quantitative estimate of drug-likeness (QED) is 0.309. The molecule has 0 unspecified atom stereocenters. The second kappa shape index (κ2) is 4.87. The van der Waals surface area contributed by atoms with Crippen LogP contribution in [0, 0.1) is 0 Å². The van der Waals surface area contributed by atoms with E-state index >= 15 is 0 Å². The van der Waals surface area contributed by atoms with Crippen LogP contribution in [-0.2, 0) is 9.35 Å². The number of hydrogen-bond donors (Lipinski definition) is 0. The second-order valence-electron chi connectivity index (χ2n) is 5.84. The summed E-state index contributed by atoms with van der Waals surface area (Å²) in [4.78, 5) is 0. The van der Waals surface area contributed by atoms with Crippen LogP contribution >= 0.6 is 7.72 Å². The standard InChI is InChI=1S/C20H15O2P/c1-3-11-17-15(7-1)9-5-13-19(17)23(21-22-23)20-14-6-10-16-8-2-4-12-18(16)20/h1-14,23H. The van der Waals surface area contributed by atoms with Crippen molar-refractivity contribution in [1.82, 2.24) is 0 Å². The molecule has 1 aliphatic rings. The Morgan fingerprint density at radius 3 is 1.39 bits per heavy atom. The fourth-order valence-corrected chi connectivity index (χ4v) is 6.17. The molecule has 5 rings (SSSR count). The van der Waals surface area contributed by atoms with Crippen molar-refractivity contribution in [1.29, 1.82) is 0 Å². The molecule has 0 aromatic heterocycles. The maximum atomic E-state index is 5.72. The summed E-state index contributed by atoms with van der Waals surface area (Å²) in [5.74, 6) is 0. The third kappa shape index (κ3) is 1.93. The van der Waals surface area contributed by atoms with Crippen molar-refractivity contribution < 1.29 is 9.35 Å². The maximum absolute atomic E-state index is 5.72. The molecule has 3 heteroatoms. The minimum absolute atomic E-state index is 1.19. The molecular formula is C20H15O2P. The Balaban J connectivity index is 1.81. The third-order valence-corrected chi connectivity index (χ3v) is 7.33. The molecule has 1 saturated heterocycles. The predicted molar refractivity (Wildman–Crippen MR) is 97.6 cm³/mol. The first-order valence-corrected chi connectivity index (χ1v) is 9.53. The number of benzene rings is 4. The van der Waals surface area contributed by atoms with Gasteiger partial charge in [0.1, 0.15) is 0 Å². The van der Waals surface area contributed by atoms with Gasteiger partial charge in [0.25, 0.3) is 0 Å². The van der Waals surface area contributed by atoms with Gasteiger partial charge in [-0.05, 0) is 0 Å². The molecule has 1 aliphatic heterocycles. The van der Waals surface area contributed by atoms with E-state index < -0.39 is 7.72 Å². The SMILES string of the molecule is c1ccc2c([PH]3(c4cccc5ccccc45)OO3)cccc2c1. The Kier molecular flexibility index (Phi) is 2.80. The summed E-state index contributed by atoms with van der Waals surface area (Å²) in [7, 11) is -2.53.